The van der Waals surface area contributed by atoms with Crippen LogP contribution in [0.3, 0.4) is 0 Å². The van der Waals surface area contributed by atoms with Gasteiger partial charge in [0.25, 0.3) is 5.24 Å². The number of hydrogen-bond donors (Lipinski definition) is 2. The Kier molecular flexibility index (Phi) is 1.29. The molecular formula is C3H5N3OS. The second kappa shape index (κ2) is 1.95. The standard InChI is InChI=1S/C3H5N3OS/c4-3(7)8-2-1-5-6-8/h1-2,8H,(H2,4,7). The first-order chi connectivity index (χ1) is 3.80. The zero-order chi connectivity index (χ0) is 5.98. The Morgan fingerprint density at radius 1 is 1.75 bits per heavy atom. The summed E-state index contributed by atoms with van der Waals surface area (Å²) in [6, 6.07) is 0. The van der Waals surface area contributed by atoms with Crippen molar-refractivity contribution in [2.45, 2.75) is 0 Å². The highest BCUT2D eigenvalue weighted by Gasteiger charge is 2.05. The van der Waals surface area contributed by atoms with Crippen LogP contribution in [0, 0.1) is 0 Å². The molecule has 1 heterocycles. The van der Waals surface area contributed by atoms with Crippen LogP contribution in [0.5, 0.6) is 0 Å². The van der Waals surface area contributed by atoms with Gasteiger partial charge in [-0.2, -0.15) is 5.11 Å². The average molecular weight is 131 g/mol. The molecule has 1 aliphatic heterocycles. The van der Waals surface area contributed by atoms with Crippen molar-refractivity contribution in [3.8, 4) is 0 Å². The summed E-state index contributed by atoms with van der Waals surface area (Å²) in [6.45, 7) is 0. The van der Waals surface area contributed by atoms with E-state index >= 15 is 0 Å². The SMILES string of the molecule is NC(=O)[SH]1C=CN=N1. The minimum Gasteiger partial charge on any atom is -0.360 e. The number of carbonyl (C=O) groups is 1. The highest BCUT2D eigenvalue weighted by Crippen LogP contribution is 2.32. The van der Waals surface area contributed by atoms with E-state index in [2.05, 4.69) is 9.63 Å². The minimum atomic E-state index is -1.09. The lowest BCUT2D eigenvalue weighted by Gasteiger charge is -1.96. The lowest BCUT2D eigenvalue weighted by atomic mass is 11.1. The fourth-order valence-corrected chi connectivity index (χ4v) is 0.977. The molecule has 5 heteroatoms. The third-order valence-corrected chi connectivity index (χ3v) is 1.81. The van der Waals surface area contributed by atoms with Gasteiger partial charge in [-0.3, -0.25) is 4.79 Å². The number of thiol groups is 1. The molecule has 1 rings (SSSR count). The number of nitrogens with two attached hydrogens (primary N) is 1. The van der Waals surface area contributed by atoms with E-state index in [1.807, 2.05) is 0 Å². The quantitative estimate of drug-likeness (QED) is 0.471. The number of amides is 1. The second-order valence-corrected chi connectivity index (χ2v) is 2.79. The summed E-state index contributed by atoms with van der Waals surface area (Å²) in [4.78, 5) is 10.2. The van der Waals surface area contributed by atoms with E-state index in [9.17, 15) is 4.79 Å². The molecule has 8 heavy (non-hydrogen) atoms. The molecule has 1 unspecified atom stereocenters. The summed E-state index contributed by atoms with van der Waals surface area (Å²) < 4.78 is 3.54. The summed E-state index contributed by atoms with van der Waals surface area (Å²) in [7, 11) is 0. The van der Waals surface area contributed by atoms with E-state index in [4.69, 9.17) is 5.73 Å². The van der Waals surface area contributed by atoms with Gasteiger partial charge in [0.15, 0.2) is 0 Å². The lowest BCUT2D eigenvalue weighted by Crippen LogP contribution is -2.04. The summed E-state index contributed by atoms with van der Waals surface area (Å²) in [5.41, 5.74) is 4.88. The molecule has 1 aliphatic rings. The Balaban J connectivity index is 2.62. The first-order valence-corrected chi connectivity index (χ1v) is 3.33. The Morgan fingerprint density at radius 2 is 2.50 bits per heavy atom. The van der Waals surface area contributed by atoms with Crippen LogP contribution in [0.15, 0.2) is 21.2 Å². The van der Waals surface area contributed by atoms with Gasteiger partial charge in [0.2, 0.25) is 0 Å². The topological polar surface area (TPSA) is 67.8 Å². The van der Waals surface area contributed by atoms with E-state index in [1.54, 1.807) is 5.41 Å². The molecular weight excluding hydrogens is 126 g/mol. The van der Waals surface area contributed by atoms with Gasteiger partial charge in [-0.1, -0.05) is 0 Å². The molecule has 0 saturated carbocycles. The molecule has 0 spiro atoms. The van der Waals surface area contributed by atoms with Gasteiger partial charge < -0.3 is 5.73 Å². The third-order valence-electron chi connectivity index (χ3n) is 0.648. The summed E-state index contributed by atoms with van der Waals surface area (Å²) in [6.07, 6.45) is 1.48. The largest absolute Gasteiger partial charge is 0.360 e. The third kappa shape index (κ3) is 0.865. The fraction of sp³-hybridized carbons (Fsp3) is 0. The zero-order valence-corrected chi connectivity index (χ0v) is 4.88. The Labute approximate surface area is 48.9 Å². The Hall–Kier alpha value is -0.840. The minimum absolute atomic E-state index is 0.391. The molecule has 1 atom stereocenters. The van der Waals surface area contributed by atoms with Crippen LogP contribution in [0.2, 0.25) is 0 Å². The first kappa shape index (κ1) is 5.30. The van der Waals surface area contributed by atoms with Gasteiger partial charge in [-0.05, 0) is 11.1 Å². The van der Waals surface area contributed by atoms with Crippen LogP contribution in [-0.2, 0) is 0 Å². The van der Waals surface area contributed by atoms with Gasteiger partial charge in [0.1, 0.15) is 0 Å². The molecule has 0 fully saturated rings. The van der Waals surface area contributed by atoms with Crippen molar-refractivity contribution >= 4 is 16.3 Å². The van der Waals surface area contributed by atoms with Gasteiger partial charge >= 0.3 is 0 Å². The summed E-state index contributed by atoms with van der Waals surface area (Å²) in [5, 5.41) is 4.68. The number of hydrogen-bond acceptors (Lipinski definition) is 3. The van der Waals surface area contributed by atoms with Gasteiger partial charge in [-0.25, -0.2) is 0 Å². The molecule has 0 aromatic rings. The average Bonchev–Trinajstić information content (AvgIpc) is 2.12. The van der Waals surface area contributed by atoms with Crippen molar-refractivity contribution in [2.24, 2.45) is 15.4 Å². The normalized spacial score (nSPS) is 28.8. The molecule has 2 N–H and O–H groups in total. The monoisotopic (exact) mass is 131 g/mol. The Bertz CT molecular complexity index is 152. The number of nitrogens with zero attached hydrogens (tertiary/aromatic N) is 2. The molecule has 44 valence electrons. The lowest BCUT2D eigenvalue weighted by molar-refractivity contribution is 0.267. The molecule has 0 aromatic heterocycles. The van der Waals surface area contributed by atoms with Gasteiger partial charge in [0.05, 0.1) is 6.20 Å². The van der Waals surface area contributed by atoms with E-state index in [-0.39, 0.29) is 0 Å². The summed E-state index contributed by atoms with van der Waals surface area (Å²) in [5.74, 6) is 0. The van der Waals surface area contributed by atoms with Crippen molar-refractivity contribution in [3.63, 3.8) is 0 Å². The molecule has 0 radical (unpaired) electrons. The second-order valence-electron chi connectivity index (χ2n) is 1.19. The molecule has 0 saturated heterocycles. The highest BCUT2D eigenvalue weighted by atomic mass is 32.2. The first-order valence-electron chi connectivity index (χ1n) is 1.97. The maximum atomic E-state index is 10.2. The van der Waals surface area contributed by atoms with Crippen molar-refractivity contribution in [1.82, 2.24) is 0 Å². The number of carbonyl (C=O) groups excluding carboxylic acids is 1. The molecule has 1 amide bonds. The predicted molar refractivity (Wildman–Crippen MR) is 32.6 cm³/mol. The van der Waals surface area contributed by atoms with Crippen LogP contribution in [0.1, 0.15) is 0 Å². The zero-order valence-electron chi connectivity index (χ0n) is 3.98. The van der Waals surface area contributed by atoms with E-state index < -0.39 is 16.3 Å². The van der Waals surface area contributed by atoms with Crippen molar-refractivity contribution in [2.75, 3.05) is 0 Å². The summed E-state index contributed by atoms with van der Waals surface area (Å²) >= 11 is -1.09. The van der Waals surface area contributed by atoms with Crippen molar-refractivity contribution < 1.29 is 4.79 Å². The molecule has 0 bridgehead atoms. The molecule has 0 aromatic carbocycles. The van der Waals surface area contributed by atoms with Crippen LogP contribution in [0.4, 0.5) is 4.79 Å². The van der Waals surface area contributed by atoms with Crippen LogP contribution < -0.4 is 5.73 Å². The van der Waals surface area contributed by atoms with E-state index in [0.717, 1.165) is 0 Å². The molecule has 4 nitrogen and oxygen atoms in total. The fourth-order valence-electron chi connectivity index (χ4n) is 0.326. The molecule has 0 aliphatic carbocycles. The van der Waals surface area contributed by atoms with Crippen LogP contribution in [0.25, 0.3) is 0 Å². The Morgan fingerprint density at radius 3 is 2.75 bits per heavy atom. The highest BCUT2D eigenvalue weighted by molar-refractivity contribution is 8.31. The van der Waals surface area contributed by atoms with Crippen molar-refractivity contribution in [1.29, 1.82) is 0 Å². The van der Waals surface area contributed by atoms with Crippen LogP contribution in [-0.4, -0.2) is 5.24 Å². The number of rotatable bonds is 0. The smallest absolute Gasteiger partial charge is 0.280 e. The van der Waals surface area contributed by atoms with E-state index in [1.165, 1.54) is 6.20 Å². The maximum Gasteiger partial charge on any atom is 0.280 e. The van der Waals surface area contributed by atoms with E-state index in [0.29, 0.717) is 0 Å². The van der Waals surface area contributed by atoms with Gasteiger partial charge in [-0.15, -0.1) is 4.52 Å². The van der Waals surface area contributed by atoms with Gasteiger partial charge in [0, 0.05) is 5.41 Å². The number of primary amides is 1. The van der Waals surface area contributed by atoms with Crippen molar-refractivity contribution in [3.05, 3.63) is 11.6 Å². The van der Waals surface area contributed by atoms with Crippen LogP contribution >= 0.6 is 11.1 Å². The predicted octanol–water partition coefficient (Wildman–Crippen LogP) is 0.918. The maximum absolute atomic E-state index is 10.2.